The summed E-state index contributed by atoms with van der Waals surface area (Å²) in [5, 5.41) is 29.0. The summed E-state index contributed by atoms with van der Waals surface area (Å²) in [6.45, 7) is 0.442. The number of hydrogen-bond acceptors (Lipinski definition) is 7. The summed E-state index contributed by atoms with van der Waals surface area (Å²) in [5.74, 6) is 0.265. The van der Waals surface area contributed by atoms with Crippen LogP contribution in [-0.2, 0) is 0 Å². The van der Waals surface area contributed by atoms with Gasteiger partial charge in [-0.2, -0.15) is 0 Å². The third-order valence-electron chi connectivity index (χ3n) is 2.38. The van der Waals surface area contributed by atoms with E-state index in [0.29, 0.717) is 0 Å². The standard InChI is InChI=1S/C8H10N4O4/c13-6-3-11(4-7(6)14)8-9-1-5(2-10-8)12(15)16/h1-2,6-7,13-14H,3-4H2. The molecule has 0 radical (unpaired) electrons. The summed E-state index contributed by atoms with van der Waals surface area (Å²) in [5.41, 5.74) is -0.191. The summed E-state index contributed by atoms with van der Waals surface area (Å²) in [4.78, 5) is 19.0. The minimum Gasteiger partial charge on any atom is -0.388 e. The summed E-state index contributed by atoms with van der Waals surface area (Å²) in [7, 11) is 0. The molecule has 86 valence electrons. The molecule has 0 amide bonds. The van der Waals surface area contributed by atoms with E-state index in [0.717, 1.165) is 12.4 Å². The number of β-amino-alcohol motifs (C(OH)–C–C–N with tert-alkyl or cyclic N) is 2. The first kappa shape index (κ1) is 10.7. The van der Waals surface area contributed by atoms with Crippen molar-refractivity contribution < 1.29 is 15.1 Å². The Morgan fingerprint density at radius 1 is 1.31 bits per heavy atom. The highest BCUT2D eigenvalue weighted by atomic mass is 16.6. The van der Waals surface area contributed by atoms with Crippen LogP contribution in [0.25, 0.3) is 0 Å². The summed E-state index contributed by atoms with van der Waals surface area (Å²) in [6.07, 6.45) is 0.524. The Balaban J connectivity index is 2.14. The van der Waals surface area contributed by atoms with Crippen LogP contribution in [0.15, 0.2) is 12.4 Å². The van der Waals surface area contributed by atoms with Gasteiger partial charge in [-0.1, -0.05) is 0 Å². The molecule has 2 heterocycles. The molecule has 1 saturated heterocycles. The highest BCUT2D eigenvalue weighted by Crippen LogP contribution is 2.17. The number of aliphatic hydroxyl groups excluding tert-OH is 2. The zero-order chi connectivity index (χ0) is 11.7. The second-order valence-corrected chi connectivity index (χ2v) is 3.54. The fourth-order valence-electron chi connectivity index (χ4n) is 1.50. The largest absolute Gasteiger partial charge is 0.388 e. The number of aromatic nitrogens is 2. The van der Waals surface area contributed by atoms with Crippen molar-refractivity contribution in [2.24, 2.45) is 0 Å². The molecule has 2 rings (SSSR count). The molecule has 0 aliphatic carbocycles. The molecular weight excluding hydrogens is 216 g/mol. The second-order valence-electron chi connectivity index (χ2n) is 3.54. The van der Waals surface area contributed by atoms with Gasteiger partial charge in [-0.3, -0.25) is 10.1 Å². The van der Waals surface area contributed by atoms with E-state index in [1.54, 1.807) is 4.90 Å². The molecule has 0 aromatic carbocycles. The van der Waals surface area contributed by atoms with Gasteiger partial charge in [0.1, 0.15) is 12.4 Å². The molecule has 8 heteroatoms. The molecule has 2 unspecified atom stereocenters. The smallest absolute Gasteiger partial charge is 0.305 e. The van der Waals surface area contributed by atoms with Crippen molar-refractivity contribution in [2.45, 2.75) is 12.2 Å². The number of nitrogens with zero attached hydrogens (tertiary/aromatic N) is 4. The van der Waals surface area contributed by atoms with Crippen molar-refractivity contribution in [1.29, 1.82) is 0 Å². The minimum absolute atomic E-state index is 0.191. The average Bonchev–Trinajstić information content (AvgIpc) is 2.59. The van der Waals surface area contributed by atoms with Crippen LogP contribution in [0.3, 0.4) is 0 Å². The number of nitro groups is 1. The highest BCUT2D eigenvalue weighted by molar-refractivity contribution is 5.36. The molecule has 1 aliphatic heterocycles. The molecule has 2 N–H and O–H groups in total. The van der Waals surface area contributed by atoms with E-state index in [2.05, 4.69) is 9.97 Å². The molecule has 0 bridgehead atoms. The van der Waals surface area contributed by atoms with Crippen LogP contribution in [0.2, 0.25) is 0 Å². The van der Waals surface area contributed by atoms with Gasteiger partial charge in [0.05, 0.1) is 17.1 Å². The Hall–Kier alpha value is -1.80. The molecular formula is C8H10N4O4. The third-order valence-corrected chi connectivity index (χ3v) is 2.38. The predicted molar refractivity (Wildman–Crippen MR) is 52.9 cm³/mol. The van der Waals surface area contributed by atoms with Crippen LogP contribution in [0, 0.1) is 10.1 Å². The van der Waals surface area contributed by atoms with Crippen molar-refractivity contribution in [3.05, 3.63) is 22.5 Å². The molecule has 1 aliphatic rings. The lowest BCUT2D eigenvalue weighted by molar-refractivity contribution is -0.385. The summed E-state index contributed by atoms with van der Waals surface area (Å²) < 4.78 is 0. The van der Waals surface area contributed by atoms with E-state index < -0.39 is 17.1 Å². The Labute approximate surface area is 90.3 Å². The SMILES string of the molecule is O=[N+]([O-])c1cnc(N2CC(O)C(O)C2)nc1. The van der Waals surface area contributed by atoms with Crippen LogP contribution in [-0.4, -0.2) is 50.4 Å². The molecule has 8 nitrogen and oxygen atoms in total. The highest BCUT2D eigenvalue weighted by Gasteiger charge is 2.31. The monoisotopic (exact) mass is 226 g/mol. The van der Waals surface area contributed by atoms with E-state index in [4.69, 9.17) is 0 Å². The van der Waals surface area contributed by atoms with Gasteiger partial charge in [0, 0.05) is 13.1 Å². The van der Waals surface area contributed by atoms with E-state index in [1.807, 2.05) is 0 Å². The van der Waals surface area contributed by atoms with Crippen molar-refractivity contribution >= 4 is 11.6 Å². The van der Waals surface area contributed by atoms with Crippen molar-refractivity contribution in [3.8, 4) is 0 Å². The van der Waals surface area contributed by atoms with Crippen LogP contribution in [0.1, 0.15) is 0 Å². The van der Waals surface area contributed by atoms with Gasteiger partial charge in [0.2, 0.25) is 5.95 Å². The minimum atomic E-state index is -0.834. The Morgan fingerprint density at radius 2 is 1.81 bits per heavy atom. The fourth-order valence-corrected chi connectivity index (χ4v) is 1.50. The number of anilines is 1. The third kappa shape index (κ3) is 1.92. The number of hydrogen-bond donors (Lipinski definition) is 2. The lowest BCUT2D eigenvalue weighted by atomic mass is 10.3. The van der Waals surface area contributed by atoms with Crippen LogP contribution in [0.4, 0.5) is 11.6 Å². The van der Waals surface area contributed by atoms with Gasteiger partial charge >= 0.3 is 5.69 Å². The van der Waals surface area contributed by atoms with Crippen molar-refractivity contribution in [2.75, 3.05) is 18.0 Å². The topological polar surface area (TPSA) is 113 Å². The first-order valence-corrected chi connectivity index (χ1v) is 4.65. The van der Waals surface area contributed by atoms with Crippen LogP contribution >= 0.6 is 0 Å². The lowest BCUT2D eigenvalue weighted by Gasteiger charge is -2.13. The van der Waals surface area contributed by atoms with Crippen molar-refractivity contribution in [3.63, 3.8) is 0 Å². The van der Waals surface area contributed by atoms with E-state index in [9.17, 15) is 20.3 Å². The predicted octanol–water partition coefficient (Wildman–Crippen LogP) is -1.07. The van der Waals surface area contributed by atoms with Crippen LogP contribution < -0.4 is 4.90 Å². The van der Waals surface area contributed by atoms with Crippen molar-refractivity contribution in [1.82, 2.24) is 9.97 Å². The number of aliphatic hydroxyl groups is 2. The van der Waals surface area contributed by atoms with Gasteiger partial charge in [-0.25, -0.2) is 9.97 Å². The molecule has 1 aromatic heterocycles. The average molecular weight is 226 g/mol. The quantitative estimate of drug-likeness (QED) is 0.487. The Bertz CT molecular complexity index is 386. The van der Waals surface area contributed by atoms with Gasteiger partial charge < -0.3 is 15.1 Å². The second kappa shape index (κ2) is 3.99. The summed E-state index contributed by atoms with van der Waals surface area (Å²) >= 11 is 0. The molecule has 1 aromatic rings. The first-order valence-electron chi connectivity index (χ1n) is 4.65. The van der Waals surface area contributed by atoms with E-state index in [1.165, 1.54) is 0 Å². The van der Waals surface area contributed by atoms with E-state index >= 15 is 0 Å². The molecule has 1 fully saturated rings. The lowest BCUT2D eigenvalue weighted by Crippen LogP contribution is -2.23. The number of rotatable bonds is 2. The zero-order valence-corrected chi connectivity index (χ0v) is 8.22. The van der Waals surface area contributed by atoms with Crippen LogP contribution in [0.5, 0.6) is 0 Å². The normalized spacial score (nSPS) is 24.8. The molecule has 2 atom stereocenters. The maximum Gasteiger partial charge on any atom is 0.305 e. The van der Waals surface area contributed by atoms with Gasteiger partial charge in [-0.05, 0) is 0 Å². The molecule has 0 saturated carbocycles. The van der Waals surface area contributed by atoms with Gasteiger partial charge in [0.25, 0.3) is 0 Å². The maximum absolute atomic E-state index is 10.4. The maximum atomic E-state index is 10.4. The fraction of sp³-hybridized carbons (Fsp3) is 0.500. The zero-order valence-electron chi connectivity index (χ0n) is 8.22. The molecule has 0 spiro atoms. The summed E-state index contributed by atoms with van der Waals surface area (Å²) in [6, 6.07) is 0. The Kier molecular flexibility index (Phi) is 2.67. The molecule has 16 heavy (non-hydrogen) atoms. The Morgan fingerprint density at radius 3 is 2.25 bits per heavy atom. The van der Waals surface area contributed by atoms with Gasteiger partial charge in [-0.15, -0.1) is 0 Å². The van der Waals surface area contributed by atoms with E-state index in [-0.39, 0.29) is 24.7 Å². The first-order chi connectivity index (χ1) is 7.58. The van der Waals surface area contributed by atoms with Gasteiger partial charge in [0.15, 0.2) is 0 Å².